The molecule has 66 heavy (non-hydrogen) atoms. The Bertz CT molecular complexity index is 2260. The van der Waals surface area contributed by atoms with Crippen LogP contribution in [0.4, 0.5) is 11.4 Å². The highest BCUT2D eigenvalue weighted by Gasteiger charge is 2.53. The normalized spacial score (nSPS) is 17.3. The minimum atomic E-state index is -0.976. The van der Waals surface area contributed by atoms with E-state index in [1.165, 1.54) is 103 Å². The maximum absolute atomic E-state index is 12.8. The summed E-state index contributed by atoms with van der Waals surface area (Å²) in [7, 11) is 0. The monoisotopic (exact) mass is 895 g/mol. The molecule has 0 saturated heterocycles. The van der Waals surface area contributed by atoms with Crippen LogP contribution in [-0.2, 0) is 0 Å². The Morgan fingerprint density at radius 2 is 0.636 bits per heavy atom. The smallest absolute Gasteiger partial charge is 0.123 e. The van der Waals surface area contributed by atoms with E-state index in [0.717, 1.165) is 117 Å². The molecular formula is C60H82N2O4. The minimum absolute atomic E-state index is 0.172. The molecule has 0 atom stereocenters. The third-order valence-corrected chi connectivity index (χ3v) is 15.0. The Balaban J connectivity index is 1.33. The largest absolute Gasteiger partial charge is 0.507 e. The van der Waals surface area contributed by atoms with Gasteiger partial charge < -0.3 is 30.2 Å². The highest BCUT2D eigenvalue weighted by molar-refractivity contribution is 6.18. The van der Waals surface area contributed by atoms with Crippen molar-refractivity contribution in [2.24, 2.45) is 0 Å². The van der Waals surface area contributed by atoms with Crippen molar-refractivity contribution < 1.29 is 20.4 Å². The molecule has 356 valence electrons. The molecule has 7 rings (SSSR count). The van der Waals surface area contributed by atoms with E-state index in [9.17, 15) is 20.4 Å². The summed E-state index contributed by atoms with van der Waals surface area (Å²) in [4.78, 5) is 5.15. The van der Waals surface area contributed by atoms with Crippen LogP contribution in [-0.4, -0.2) is 58.8 Å². The molecule has 0 spiro atoms. The second-order valence-corrected chi connectivity index (χ2v) is 19.7. The zero-order valence-corrected chi connectivity index (χ0v) is 41.0. The third kappa shape index (κ3) is 10.8. The number of anilines is 2. The van der Waals surface area contributed by atoms with E-state index in [2.05, 4.69) is 86.0 Å². The lowest BCUT2D eigenvalue weighted by molar-refractivity contribution is -0.0766. The summed E-state index contributed by atoms with van der Waals surface area (Å²) in [6.45, 7) is 12.8. The van der Waals surface area contributed by atoms with Gasteiger partial charge in [0.15, 0.2) is 0 Å². The number of rotatable bonds is 28. The van der Waals surface area contributed by atoms with Gasteiger partial charge in [0.05, 0.1) is 23.6 Å². The minimum Gasteiger partial charge on any atom is -0.507 e. The van der Waals surface area contributed by atoms with E-state index in [1.54, 1.807) is 12.1 Å². The molecule has 1 aliphatic carbocycles. The van der Waals surface area contributed by atoms with Crippen molar-refractivity contribution in [3.63, 3.8) is 0 Å². The van der Waals surface area contributed by atoms with E-state index in [0.29, 0.717) is 0 Å². The van der Waals surface area contributed by atoms with Crippen LogP contribution in [0.5, 0.6) is 11.5 Å². The molecule has 0 aliphatic heterocycles. The number of phenols is 2. The lowest BCUT2D eigenvalue weighted by Gasteiger charge is -2.48. The van der Waals surface area contributed by atoms with Crippen LogP contribution < -0.4 is 9.80 Å². The molecule has 1 aliphatic rings. The first-order valence-electron chi connectivity index (χ1n) is 26.6. The van der Waals surface area contributed by atoms with E-state index in [-0.39, 0.29) is 11.5 Å². The number of fused-ring (bicyclic) bond motifs is 4. The number of phenolic OH excluding ortho intramolecular Hbond substituents is 2. The van der Waals surface area contributed by atoms with Crippen LogP contribution >= 0.6 is 0 Å². The molecule has 6 heteroatoms. The molecule has 0 aromatic heterocycles. The Morgan fingerprint density at radius 1 is 0.348 bits per heavy atom. The number of aliphatic hydroxyl groups excluding tert-OH is 2. The summed E-state index contributed by atoms with van der Waals surface area (Å²) in [6, 6.07) is 28.6. The third-order valence-electron chi connectivity index (χ3n) is 15.0. The Kier molecular flexibility index (Phi) is 18.3. The van der Waals surface area contributed by atoms with Gasteiger partial charge >= 0.3 is 0 Å². The van der Waals surface area contributed by atoms with Crippen molar-refractivity contribution in [1.29, 1.82) is 0 Å². The first-order chi connectivity index (χ1) is 32.4. The van der Waals surface area contributed by atoms with Gasteiger partial charge in [0.25, 0.3) is 0 Å². The van der Waals surface area contributed by atoms with Crippen molar-refractivity contribution in [1.82, 2.24) is 0 Å². The number of hydrogen-bond acceptors (Lipinski definition) is 6. The van der Waals surface area contributed by atoms with Gasteiger partial charge in [0, 0.05) is 70.3 Å². The SMILES string of the molecule is CCCCCCCN(CCCCCCC)c1c2ccccc2c(C2C(O)C(c3c4ccccc4c(N(CCCCCCC)CCCCCCC)c4cccc(O)c34)C2O)c2c(O)cccc12. The number of aliphatic hydroxyl groups is 2. The Morgan fingerprint density at radius 3 is 0.955 bits per heavy atom. The Hall–Kier alpha value is -4.52. The van der Waals surface area contributed by atoms with Crippen LogP contribution in [0.3, 0.4) is 0 Å². The van der Waals surface area contributed by atoms with E-state index in [4.69, 9.17) is 0 Å². The quantitative estimate of drug-likeness (QED) is 0.0290. The van der Waals surface area contributed by atoms with Crippen LogP contribution in [0.2, 0.25) is 0 Å². The molecule has 0 bridgehead atoms. The van der Waals surface area contributed by atoms with Crippen molar-refractivity contribution >= 4 is 54.5 Å². The van der Waals surface area contributed by atoms with Gasteiger partial charge in [-0.2, -0.15) is 0 Å². The number of aromatic hydroxyl groups is 2. The predicted molar refractivity (Wildman–Crippen MR) is 283 cm³/mol. The average Bonchev–Trinajstić information content (AvgIpc) is 3.33. The maximum Gasteiger partial charge on any atom is 0.123 e. The lowest BCUT2D eigenvalue weighted by Crippen LogP contribution is -2.52. The van der Waals surface area contributed by atoms with Crippen molar-refractivity contribution in [2.75, 3.05) is 36.0 Å². The van der Waals surface area contributed by atoms with Gasteiger partial charge in [-0.3, -0.25) is 0 Å². The number of unbranched alkanes of at least 4 members (excludes halogenated alkanes) is 16. The first kappa shape index (κ1) is 49.4. The maximum atomic E-state index is 12.8. The molecule has 4 N–H and O–H groups in total. The molecule has 0 heterocycles. The summed E-state index contributed by atoms with van der Waals surface area (Å²) >= 11 is 0. The van der Waals surface area contributed by atoms with Crippen molar-refractivity contribution in [2.45, 2.75) is 180 Å². The fraction of sp³-hybridized carbons (Fsp3) is 0.533. The zero-order valence-electron chi connectivity index (χ0n) is 41.0. The lowest BCUT2D eigenvalue weighted by atomic mass is 9.60. The standard InChI is InChI=1S/C60H82N2O4/c1-5-9-13-17-25-39-61(40-26-18-14-10-6-2)57-45-33-23-21-31-43(45)53(51-47(57)35-29-37-49(51)63)55-59(65)56(60(55)66)54-44-32-22-24-34-46(44)58(48-36-30-38-50(64)52(48)54)62(41-27-19-15-11-7-3)42-28-20-16-12-8-4/h21-24,29-38,55-56,59-60,63-66H,5-20,25-28,39-42H2,1-4H3. The summed E-state index contributed by atoms with van der Waals surface area (Å²) in [6.07, 6.45) is 22.1. The fourth-order valence-corrected chi connectivity index (χ4v) is 11.5. The van der Waals surface area contributed by atoms with Crippen molar-refractivity contribution in [3.8, 4) is 11.5 Å². The summed E-state index contributed by atoms with van der Waals surface area (Å²) in [5.74, 6) is -0.983. The van der Waals surface area contributed by atoms with Crippen LogP contribution in [0, 0.1) is 0 Å². The number of nitrogens with zero attached hydrogens (tertiary/aromatic N) is 2. The molecular weight excluding hydrogens is 813 g/mol. The molecule has 6 aromatic rings. The van der Waals surface area contributed by atoms with Gasteiger partial charge in [-0.15, -0.1) is 0 Å². The van der Waals surface area contributed by atoms with Crippen LogP contribution in [0.15, 0.2) is 84.9 Å². The van der Waals surface area contributed by atoms with Crippen molar-refractivity contribution in [3.05, 3.63) is 96.1 Å². The highest BCUT2D eigenvalue weighted by Crippen LogP contribution is 2.58. The summed E-state index contributed by atoms with van der Waals surface area (Å²) in [5, 5.41) is 57.1. The average molecular weight is 895 g/mol. The van der Waals surface area contributed by atoms with Gasteiger partial charge in [-0.05, 0) is 59.7 Å². The summed E-state index contributed by atoms with van der Waals surface area (Å²) < 4.78 is 0. The van der Waals surface area contributed by atoms with Gasteiger partial charge in [-0.1, -0.05) is 203 Å². The van der Waals surface area contributed by atoms with E-state index >= 15 is 0 Å². The molecule has 0 unspecified atom stereocenters. The Labute approximate surface area is 397 Å². The predicted octanol–water partition coefficient (Wildman–Crippen LogP) is 15.8. The topological polar surface area (TPSA) is 87.4 Å². The molecule has 1 fully saturated rings. The summed E-state index contributed by atoms with van der Waals surface area (Å²) in [5.41, 5.74) is 3.89. The second kappa shape index (κ2) is 24.5. The molecule has 0 amide bonds. The van der Waals surface area contributed by atoms with Crippen LogP contribution in [0.25, 0.3) is 43.1 Å². The van der Waals surface area contributed by atoms with E-state index < -0.39 is 24.0 Å². The zero-order chi connectivity index (χ0) is 46.4. The number of benzene rings is 6. The second-order valence-electron chi connectivity index (χ2n) is 19.7. The van der Waals surface area contributed by atoms with Gasteiger partial charge in [0.2, 0.25) is 0 Å². The van der Waals surface area contributed by atoms with Gasteiger partial charge in [-0.25, -0.2) is 0 Å². The molecule has 6 nitrogen and oxygen atoms in total. The highest BCUT2D eigenvalue weighted by atomic mass is 16.3. The molecule has 0 radical (unpaired) electrons. The first-order valence-corrected chi connectivity index (χ1v) is 26.6. The number of hydrogen-bond donors (Lipinski definition) is 4. The fourth-order valence-electron chi connectivity index (χ4n) is 11.5. The molecule has 6 aromatic carbocycles. The van der Waals surface area contributed by atoms with E-state index in [1.807, 2.05) is 24.3 Å². The van der Waals surface area contributed by atoms with Crippen LogP contribution in [0.1, 0.15) is 179 Å². The molecule has 1 saturated carbocycles. The van der Waals surface area contributed by atoms with Gasteiger partial charge in [0.1, 0.15) is 11.5 Å².